The second-order valence-corrected chi connectivity index (χ2v) is 6.35. The van der Waals surface area contributed by atoms with Crippen LogP contribution in [0.1, 0.15) is 28.9 Å². The number of nitrogens with zero attached hydrogens (tertiary/aromatic N) is 2. The minimum absolute atomic E-state index is 0.154. The third kappa shape index (κ3) is 3.59. The Labute approximate surface area is 154 Å². The molecule has 4 rings (SSSR count). The molecule has 3 aromatic rings. The highest BCUT2D eigenvalue weighted by Gasteiger charge is 2.25. The van der Waals surface area contributed by atoms with Crippen molar-refractivity contribution in [3.63, 3.8) is 0 Å². The van der Waals surface area contributed by atoms with E-state index in [0.717, 1.165) is 12.8 Å². The predicted molar refractivity (Wildman–Crippen MR) is 96.9 cm³/mol. The van der Waals surface area contributed by atoms with Gasteiger partial charge in [0.05, 0.1) is 11.8 Å². The van der Waals surface area contributed by atoms with Gasteiger partial charge in [-0.2, -0.15) is 0 Å². The van der Waals surface area contributed by atoms with Gasteiger partial charge in [-0.3, -0.25) is 4.79 Å². The van der Waals surface area contributed by atoms with Crippen LogP contribution in [0, 0.1) is 12.7 Å². The van der Waals surface area contributed by atoms with Crippen molar-refractivity contribution < 1.29 is 18.4 Å². The summed E-state index contributed by atoms with van der Waals surface area (Å²) in [6.07, 6.45) is 3.39. The number of aromatic nitrogens is 2. The Bertz CT molecular complexity index is 1010. The predicted octanol–water partition coefficient (Wildman–Crippen LogP) is 3.56. The van der Waals surface area contributed by atoms with Crippen LogP contribution in [0.5, 0.6) is 5.75 Å². The lowest BCUT2D eigenvalue weighted by molar-refractivity contribution is 0.102. The number of hydrogen-bond donors (Lipinski definition) is 2. The Morgan fingerprint density at radius 1 is 1.30 bits per heavy atom. The van der Waals surface area contributed by atoms with Crippen LogP contribution in [0.3, 0.4) is 0 Å². The molecule has 1 aliphatic rings. The van der Waals surface area contributed by atoms with Crippen molar-refractivity contribution in [1.82, 2.24) is 10.1 Å². The minimum atomic E-state index is -0.406. The maximum atomic E-state index is 13.8. The standard InChI is InChI=1S/C19H17FN4O3/c1-10-15(9-26-24-10)19(25)23-17-7-5-13(18(21)22-17)14-8-11(20)2-6-16(14)27-12-3-4-12/h2,5-9,12H,3-4H2,1H3,(H3,21,22,23,25). The zero-order valence-corrected chi connectivity index (χ0v) is 14.5. The molecule has 0 atom stereocenters. The van der Waals surface area contributed by atoms with Crippen LogP contribution < -0.4 is 15.8 Å². The van der Waals surface area contributed by atoms with Crippen LogP contribution in [-0.4, -0.2) is 22.2 Å². The number of anilines is 2. The molecule has 0 spiro atoms. The molecule has 27 heavy (non-hydrogen) atoms. The van der Waals surface area contributed by atoms with E-state index >= 15 is 0 Å². The van der Waals surface area contributed by atoms with E-state index in [-0.39, 0.29) is 17.7 Å². The number of nitrogen functional groups attached to an aromatic ring is 1. The van der Waals surface area contributed by atoms with Gasteiger partial charge in [0.1, 0.15) is 35.0 Å². The normalized spacial score (nSPS) is 13.4. The van der Waals surface area contributed by atoms with E-state index in [9.17, 15) is 9.18 Å². The number of carbonyl (C=O) groups is 1. The van der Waals surface area contributed by atoms with Gasteiger partial charge in [-0.25, -0.2) is 9.37 Å². The first-order valence-corrected chi connectivity index (χ1v) is 8.46. The monoisotopic (exact) mass is 368 g/mol. The molecule has 3 N–H and O–H groups in total. The summed E-state index contributed by atoms with van der Waals surface area (Å²) in [6, 6.07) is 7.57. The van der Waals surface area contributed by atoms with E-state index in [2.05, 4.69) is 15.5 Å². The molecule has 2 aromatic heterocycles. The second-order valence-electron chi connectivity index (χ2n) is 6.35. The van der Waals surface area contributed by atoms with E-state index in [4.69, 9.17) is 15.0 Å². The Hall–Kier alpha value is -3.42. The van der Waals surface area contributed by atoms with Crippen molar-refractivity contribution in [2.45, 2.75) is 25.9 Å². The van der Waals surface area contributed by atoms with Gasteiger partial charge in [-0.15, -0.1) is 0 Å². The van der Waals surface area contributed by atoms with Crippen LogP contribution in [0.25, 0.3) is 11.1 Å². The highest BCUT2D eigenvalue weighted by Crippen LogP contribution is 2.37. The van der Waals surface area contributed by atoms with Gasteiger partial charge in [0.25, 0.3) is 5.91 Å². The van der Waals surface area contributed by atoms with Gasteiger partial charge in [0, 0.05) is 11.1 Å². The summed E-state index contributed by atoms with van der Waals surface area (Å²) >= 11 is 0. The highest BCUT2D eigenvalue weighted by atomic mass is 19.1. The van der Waals surface area contributed by atoms with Crippen molar-refractivity contribution in [3.05, 3.63) is 53.7 Å². The van der Waals surface area contributed by atoms with Crippen LogP contribution in [-0.2, 0) is 0 Å². The highest BCUT2D eigenvalue weighted by molar-refractivity contribution is 6.04. The number of aryl methyl sites for hydroxylation is 1. The maximum Gasteiger partial charge on any atom is 0.262 e. The zero-order chi connectivity index (χ0) is 19.0. The third-order valence-electron chi connectivity index (χ3n) is 4.21. The molecule has 1 aliphatic carbocycles. The smallest absolute Gasteiger partial charge is 0.262 e. The average Bonchev–Trinajstić information content (AvgIpc) is 3.34. The van der Waals surface area contributed by atoms with Crippen molar-refractivity contribution >= 4 is 17.5 Å². The molecule has 1 aromatic carbocycles. The second kappa shape index (κ2) is 6.71. The Balaban J connectivity index is 1.61. The molecule has 0 aliphatic heterocycles. The first-order valence-electron chi connectivity index (χ1n) is 8.46. The molecule has 8 heteroatoms. The molecular weight excluding hydrogens is 351 g/mol. The largest absolute Gasteiger partial charge is 0.490 e. The molecule has 1 fully saturated rings. The van der Waals surface area contributed by atoms with Gasteiger partial charge < -0.3 is 20.3 Å². The number of nitrogens with two attached hydrogens (primary N) is 1. The summed E-state index contributed by atoms with van der Waals surface area (Å²) in [4.78, 5) is 16.4. The molecule has 0 unspecified atom stereocenters. The summed E-state index contributed by atoms with van der Waals surface area (Å²) in [5.41, 5.74) is 7.91. The van der Waals surface area contributed by atoms with Gasteiger partial charge in [-0.05, 0) is 50.1 Å². The van der Waals surface area contributed by atoms with Gasteiger partial charge in [-0.1, -0.05) is 5.16 Å². The van der Waals surface area contributed by atoms with Crippen molar-refractivity contribution in [3.8, 4) is 16.9 Å². The van der Waals surface area contributed by atoms with Crippen LogP contribution in [0.2, 0.25) is 0 Å². The fraction of sp³-hybridized carbons (Fsp3) is 0.211. The van der Waals surface area contributed by atoms with E-state index in [0.29, 0.717) is 28.1 Å². The fourth-order valence-corrected chi connectivity index (χ4v) is 2.65. The molecule has 2 heterocycles. The first-order chi connectivity index (χ1) is 13.0. The number of hydrogen-bond acceptors (Lipinski definition) is 6. The molecule has 0 bridgehead atoms. The number of ether oxygens (including phenoxy) is 1. The van der Waals surface area contributed by atoms with Crippen molar-refractivity contribution in [2.75, 3.05) is 11.1 Å². The summed E-state index contributed by atoms with van der Waals surface area (Å²) < 4.78 is 24.4. The number of amides is 1. The molecule has 138 valence electrons. The number of rotatable bonds is 5. The Morgan fingerprint density at radius 2 is 2.11 bits per heavy atom. The van der Waals surface area contributed by atoms with E-state index in [1.165, 1.54) is 18.4 Å². The third-order valence-corrected chi connectivity index (χ3v) is 4.21. The van der Waals surface area contributed by atoms with Crippen LogP contribution >= 0.6 is 0 Å². The molecule has 0 radical (unpaired) electrons. The minimum Gasteiger partial charge on any atom is -0.490 e. The van der Waals surface area contributed by atoms with Crippen LogP contribution in [0.4, 0.5) is 16.0 Å². The number of carbonyl (C=O) groups excluding carboxylic acids is 1. The van der Waals surface area contributed by atoms with Crippen molar-refractivity contribution in [2.24, 2.45) is 0 Å². The van der Waals surface area contributed by atoms with Gasteiger partial charge >= 0.3 is 0 Å². The zero-order valence-electron chi connectivity index (χ0n) is 14.5. The number of halogens is 1. The van der Waals surface area contributed by atoms with Gasteiger partial charge in [0.2, 0.25) is 0 Å². The summed E-state index contributed by atoms with van der Waals surface area (Å²) in [5.74, 6) is 0.179. The lowest BCUT2D eigenvalue weighted by atomic mass is 10.1. The lowest BCUT2D eigenvalue weighted by Gasteiger charge is -2.13. The molecule has 7 nitrogen and oxygen atoms in total. The lowest BCUT2D eigenvalue weighted by Crippen LogP contribution is -2.14. The Morgan fingerprint density at radius 3 is 2.78 bits per heavy atom. The summed E-state index contributed by atoms with van der Waals surface area (Å²) in [7, 11) is 0. The first kappa shape index (κ1) is 17.0. The summed E-state index contributed by atoms with van der Waals surface area (Å²) in [5, 5.41) is 6.30. The molecule has 1 amide bonds. The van der Waals surface area contributed by atoms with E-state index in [1.54, 1.807) is 25.1 Å². The van der Waals surface area contributed by atoms with E-state index < -0.39 is 11.7 Å². The molecule has 1 saturated carbocycles. The van der Waals surface area contributed by atoms with Crippen molar-refractivity contribution in [1.29, 1.82) is 0 Å². The number of pyridine rings is 1. The molecule has 0 saturated heterocycles. The van der Waals surface area contributed by atoms with Crippen LogP contribution in [0.15, 0.2) is 41.1 Å². The van der Waals surface area contributed by atoms with E-state index in [1.807, 2.05) is 0 Å². The maximum absolute atomic E-state index is 13.8. The average molecular weight is 368 g/mol. The van der Waals surface area contributed by atoms with Gasteiger partial charge in [0.15, 0.2) is 0 Å². The fourth-order valence-electron chi connectivity index (χ4n) is 2.65. The summed E-state index contributed by atoms with van der Waals surface area (Å²) in [6.45, 7) is 1.66. The Kier molecular flexibility index (Phi) is 4.23. The topological polar surface area (TPSA) is 103 Å². The number of benzene rings is 1. The number of nitrogens with one attached hydrogen (secondary N) is 1. The quantitative estimate of drug-likeness (QED) is 0.714. The SMILES string of the molecule is Cc1nocc1C(=O)Nc1ccc(-c2cc(F)ccc2OC2CC2)c(N)n1. The molecular formula is C19H17FN4O3.